The van der Waals surface area contributed by atoms with Crippen LogP contribution < -0.4 is 10.4 Å². The number of H-pyrrole nitrogens is 1. The summed E-state index contributed by atoms with van der Waals surface area (Å²) in [6.07, 6.45) is 14.8. The number of imidazole rings is 1. The molecule has 0 unspecified atom stereocenters. The maximum absolute atomic E-state index is 5.09. The van der Waals surface area contributed by atoms with E-state index in [0.29, 0.717) is 0 Å². The quantitative estimate of drug-likeness (QED) is 0.650. The van der Waals surface area contributed by atoms with Crippen LogP contribution in [0, 0.1) is 0 Å². The maximum atomic E-state index is 5.09. The predicted octanol–water partition coefficient (Wildman–Crippen LogP) is 4.08. The van der Waals surface area contributed by atoms with Crippen molar-refractivity contribution in [3.05, 3.63) is 84.4 Å². The number of fused-ring (bicyclic) bond motifs is 1. The molecule has 1 aromatic carbocycles. The highest BCUT2D eigenvalue weighted by Gasteiger charge is 2.20. The van der Waals surface area contributed by atoms with Gasteiger partial charge in [-0.1, -0.05) is 30.4 Å². The van der Waals surface area contributed by atoms with Crippen molar-refractivity contribution in [2.45, 2.75) is 6.42 Å². The fraction of sp³-hybridized carbons (Fsp3) is 0.130. The van der Waals surface area contributed by atoms with Crippen LogP contribution in [0.25, 0.3) is 28.2 Å². The first kappa shape index (κ1) is 17.5. The molecule has 3 aromatic rings. The summed E-state index contributed by atoms with van der Waals surface area (Å²) in [5, 5.41) is 0. The lowest BCUT2D eigenvalue weighted by molar-refractivity contribution is 0.137. The lowest BCUT2D eigenvalue weighted by Gasteiger charge is -2.16. The van der Waals surface area contributed by atoms with Crippen LogP contribution in [0.3, 0.4) is 0 Å². The standard InChI is InChI=1S/C23H21N5O/c1-29-27-20-8-6-17-15-18(5-7-19(17)20)22-21(16-9-11-24-12-10-16)25-23(26-22)28-13-3-2-4-14-28/h2-5,7-13,15,27H,6,14H2,1H3,(H,25,26). The van der Waals surface area contributed by atoms with Gasteiger partial charge in [-0.15, -0.1) is 0 Å². The van der Waals surface area contributed by atoms with Crippen LogP contribution in [0.15, 0.2) is 73.2 Å². The van der Waals surface area contributed by atoms with Gasteiger partial charge in [0.2, 0.25) is 5.95 Å². The van der Waals surface area contributed by atoms with E-state index in [1.165, 1.54) is 11.1 Å². The van der Waals surface area contributed by atoms with Crippen LogP contribution in [0.4, 0.5) is 5.95 Å². The second-order valence-corrected chi connectivity index (χ2v) is 6.94. The monoisotopic (exact) mass is 383 g/mol. The first-order valence-electron chi connectivity index (χ1n) is 9.56. The minimum absolute atomic E-state index is 0.791. The van der Waals surface area contributed by atoms with Crippen molar-refractivity contribution >= 4 is 11.6 Å². The Kier molecular flexibility index (Phi) is 4.46. The van der Waals surface area contributed by atoms with E-state index in [1.54, 1.807) is 19.5 Å². The number of pyridine rings is 1. The molecule has 0 saturated carbocycles. The second-order valence-electron chi connectivity index (χ2n) is 6.94. The number of rotatable bonds is 5. The third kappa shape index (κ3) is 3.23. The average molecular weight is 383 g/mol. The van der Waals surface area contributed by atoms with Crippen LogP contribution in [0.1, 0.15) is 11.1 Å². The Morgan fingerprint density at radius 1 is 1.10 bits per heavy atom. The molecule has 144 valence electrons. The molecule has 1 aliphatic carbocycles. The van der Waals surface area contributed by atoms with Gasteiger partial charge in [-0.05, 0) is 36.3 Å². The summed E-state index contributed by atoms with van der Waals surface area (Å²) in [6, 6.07) is 10.5. The van der Waals surface area contributed by atoms with Crippen molar-refractivity contribution in [1.82, 2.24) is 20.4 Å². The van der Waals surface area contributed by atoms with E-state index < -0.39 is 0 Å². The molecule has 6 heteroatoms. The van der Waals surface area contributed by atoms with Crippen LogP contribution in [-0.4, -0.2) is 28.6 Å². The molecule has 0 atom stereocenters. The SMILES string of the molecule is CONC1=CCc2cc(-c3nc(N4C=CC=CC4)[nH]c3-c3ccncc3)ccc21. The van der Waals surface area contributed by atoms with Crippen molar-refractivity contribution in [2.24, 2.45) is 0 Å². The normalized spacial score (nSPS) is 14.8. The zero-order valence-electron chi connectivity index (χ0n) is 16.1. The summed E-state index contributed by atoms with van der Waals surface area (Å²) in [6.45, 7) is 0.791. The summed E-state index contributed by atoms with van der Waals surface area (Å²) < 4.78 is 0. The van der Waals surface area contributed by atoms with Crippen molar-refractivity contribution in [3.63, 3.8) is 0 Å². The number of hydrogen-bond acceptors (Lipinski definition) is 5. The largest absolute Gasteiger partial charge is 0.323 e. The zero-order valence-corrected chi connectivity index (χ0v) is 16.1. The van der Waals surface area contributed by atoms with Gasteiger partial charge in [0.25, 0.3) is 0 Å². The van der Waals surface area contributed by atoms with E-state index in [0.717, 1.165) is 47.1 Å². The molecule has 0 saturated heterocycles. The van der Waals surface area contributed by atoms with Crippen molar-refractivity contribution in [3.8, 4) is 22.5 Å². The molecule has 0 spiro atoms. The predicted molar refractivity (Wildman–Crippen MR) is 115 cm³/mol. The van der Waals surface area contributed by atoms with E-state index in [4.69, 9.17) is 9.82 Å². The summed E-state index contributed by atoms with van der Waals surface area (Å²) >= 11 is 0. The van der Waals surface area contributed by atoms with Crippen LogP contribution in [0.2, 0.25) is 0 Å². The number of allylic oxidation sites excluding steroid dienone is 3. The van der Waals surface area contributed by atoms with Gasteiger partial charge in [-0.3, -0.25) is 15.3 Å². The van der Waals surface area contributed by atoms with E-state index >= 15 is 0 Å². The highest BCUT2D eigenvalue weighted by atomic mass is 16.6. The number of benzene rings is 1. The van der Waals surface area contributed by atoms with E-state index in [9.17, 15) is 0 Å². The Bertz CT molecular complexity index is 1130. The minimum Gasteiger partial charge on any atom is -0.323 e. The van der Waals surface area contributed by atoms with Crippen LogP contribution >= 0.6 is 0 Å². The first-order valence-corrected chi connectivity index (χ1v) is 9.56. The van der Waals surface area contributed by atoms with Gasteiger partial charge in [-0.25, -0.2) is 4.98 Å². The Morgan fingerprint density at radius 2 is 2.00 bits per heavy atom. The molecule has 2 aliphatic rings. The van der Waals surface area contributed by atoms with E-state index in [1.807, 2.05) is 30.5 Å². The lowest BCUT2D eigenvalue weighted by atomic mass is 10.0. The fourth-order valence-electron chi connectivity index (χ4n) is 3.76. The molecule has 6 nitrogen and oxygen atoms in total. The Hall–Kier alpha value is -3.64. The topological polar surface area (TPSA) is 66.1 Å². The maximum Gasteiger partial charge on any atom is 0.208 e. The Labute approximate surface area is 169 Å². The number of hydrogen-bond donors (Lipinski definition) is 2. The van der Waals surface area contributed by atoms with Gasteiger partial charge < -0.3 is 9.88 Å². The molecule has 2 aromatic heterocycles. The Balaban J connectivity index is 1.58. The molecule has 2 N–H and O–H groups in total. The summed E-state index contributed by atoms with van der Waals surface area (Å²) in [5.41, 5.74) is 10.5. The molecule has 5 rings (SSSR count). The first-order chi connectivity index (χ1) is 14.3. The number of aromatic amines is 1. The van der Waals surface area contributed by atoms with Crippen LogP contribution in [0.5, 0.6) is 0 Å². The number of hydroxylamine groups is 1. The van der Waals surface area contributed by atoms with Gasteiger partial charge in [0, 0.05) is 41.8 Å². The second kappa shape index (κ2) is 7.41. The van der Waals surface area contributed by atoms with E-state index in [2.05, 4.69) is 50.7 Å². The molecular formula is C23H21N5O. The van der Waals surface area contributed by atoms with Gasteiger partial charge in [0.05, 0.1) is 24.2 Å². The molecule has 0 fully saturated rings. The van der Waals surface area contributed by atoms with Gasteiger partial charge in [0.15, 0.2) is 0 Å². The lowest BCUT2D eigenvalue weighted by Crippen LogP contribution is -2.18. The number of nitrogens with one attached hydrogen (secondary N) is 2. The smallest absolute Gasteiger partial charge is 0.208 e. The van der Waals surface area contributed by atoms with Crippen molar-refractivity contribution in [1.29, 1.82) is 0 Å². The fourth-order valence-corrected chi connectivity index (χ4v) is 3.76. The summed E-state index contributed by atoms with van der Waals surface area (Å²) in [4.78, 5) is 19.8. The molecule has 0 bridgehead atoms. The minimum atomic E-state index is 0.791. The van der Waals surface area contributed by atoms with Crippen molar-refractivity contribution in [2.75, 3.05) is 18.6 Å². The molecule has 3 heterocycles. The average Bonchev–Trinajstić information content (AvgIpc) is 3.40. The van der Waals surface area contributed by atoms with E-state index in [-0.39, 0.29) is 0 Å². The third-order valence-electron chi connectivity index (χ3n) is 5.15. The van der Waals surface area contributed by atoms with Gasteiger partial charge >= 0.3 is 0 Å². The number of nitrogens with zero attached hydrogens (tertiary/aromatic N) is 3. The molecule has 0 radical (unpaired) electrons. The molecular weight excluding hydrogens is 362 g/mol. The summed E-state index contributed by atoms with van der Waals surface area (Å²) in [5.74, 6) is 0.827. The molecule has 29 heavy (non-hydrogen) atoms. The molecule has 0 amide bonds. The van der Waals surface area contributed by atoms with Crippen molar-refractivity contribution < 1.29 is 4.84 Å². The van der Waals surface area contributed by atoms with Crippen LogP contribution in [-0.2, 0) is 11.3 Å². The highest BCUT2D eigenvalue weighted by Crippen LogP contribution is 2.35. The third-order valence-corrected chi connectivity index (χ3v) is 5.15. The summed E-state index contributed by atoms with van der Waals surface area (Å²) in [7, 11) is 1.63. The molecule has 1 aliphatic heterocycles. The Morgan fingerprint density at radius 3 is 2.79 bits per heavy atom. The van der Waals surface area contributed by atoms with Gasteiger partial charge in [-0.2, -0.15) is 0 Å². The number of anilines is 1. The number of aromatic nitrogens is 3. The van der Waals surface area contributed by atoms with Gasteiger partial charge in [0.1, 0.15) is 0 Å². The highest BCUT2D eigenvalue weighted by molar-refractivity contribution is 5.82. The zero-order chi connectivity index (χ0) is 19.6.